The summed E-state index contributed by atoms with van der Waals surface area (Å²) in [5, 5.41) is 0.266. The molecule has 0 saturated heterocycles. The highest BCUT2D eigenvalue weighted by atomic mass is 35.5. The molecule has 0 atom stereocenters. The van der Waals surface area contributed by atoms with Crippen molar-refractivity contribution in [1.29, 1.82) is 0 Å². The largest absolute Gasteiger partial charge is 0.492 e. The minimum Gasteiger partial charge on any atom is -0.492 e. The van der Waals surface area contributed by atoms with Crippen LogP contribution in [0.4, 0.5) is 0 Å². The van der Waals surface area contributed by atoms with Crippen LogP contribution in [0.2, 0.25) is 5.02 Å². The SMILES string of the molecule is CCOc1ccc2c(c1Cl)C(=O)C(=C=O)S2. The second-order valence-corrected chi connectivity index (χ2v) is 4.48. The summed E-state index contributed by atoms with van der Waals surface area (Å²) in [6, 6.07) is 3.41. The molecule has 0 aliphatic carbocycles. The van der Waals surface area contributed by atoms with Gasteiger partial charge in [-0.1, -0.05) is 23.4 Å². The van der Waals surface area contributed by atoms with Gasteiger partial charge in [0.25, 0.3) is 0 Å². The summed E-state index contributed by atoms with van der Waals surface area (Å²) >= 11 is 7.14. The summed E-state index contributed by atoms with van der Waals surface area (Å²) in [6.07, 6.45) is 0. The Labute approximate surface area is 101 Å². The Bertz CT molecular complexity index is 518. The van der Waals surface area contributed by atoms with Crippen molar-refractivity contribution in [2.75, 3.05) is 6.61 Å². The molecule has 0 fully saturated rings. The fourth-order valence-corrected chi connectivity index (χ4v) is 2.69. The summed E-state index contributed by atoms with van der Waals surface area (Å²) in [5.41, 5.74) is 0.343. The van der Waals surface area contributed by atoms with Crippen LogP contribution in [-0.4, -0.2) is 18.3 Å². The quantitative estimate of drug-likeness (QED) is 0.601. The van der Waals surface area contributed by atoms with E-state index in [0.717, 1.165) is 11.8 Å². The molecule has 82 valence electrons. The number of thioether (sulfide) groups is 1. The lowest BCUT2D eigenvalue weighted by molar-refractivity contribution is 0.104. The topological polar surface area (TPSA) is 43.4 Å². The van der Waals surface area contributed by atoms with Gasteiger partial charge in [-0.3, -0.25) is 4.79 Å². The van der Waals surface area contributed by atoms with Gasteiger partial charge in [-0.05, 0) is 19.1 Å². The second kappa shape index (κ2) is 4.34. The van der Waals surface area contributed by atoms with E-state index >= 15 is 0 Å². The molecule has 0 N–H and O–H groups in total. The highest BCUT2D eigenvalue weighted by molar-refractivity contribution is 8.05. The first-order valence-corrected chi connectivity index (χ1v) is 5.81. The number of Topliss-reactive ketones (excluding diaryl/α,β-unsaturated/α-hetero) is 1. The van der Waals surface area contributed by atoms with E-state index in [4.69, 9.17) is 16.3 Å². The van der Waals surface area contributed by atoms with Gasteiger partial charge in [-0.25, -0.2) is 4.79 Å². The van der Waals surface area contributed by atoms with Gasteiger partial charge in [0, 0.05) is 4.90 Å². The Hall–Kier alpha value is -1.22. The third-order valence-corrected chi connectivity index (χ3v) is 3.51. The van der Waals surface area contributed by atoms with E-state index in [1.807, 2.05) is 6.92 Å². The van der Waals surface area contributed by atoms with Gasteiger partial charge in [0.2, 0.25) is 5.78 Å². The molecule has 0 bridgehead atoms. The van der Waals surface area contributed by atoms with Crippen LogP contribution in [0.25, 0.3) is 0 Å². The Balaban J connectivity index is 2.57. The van der Waals surface area contributed by atoms with Crippen LogP contribution < -0.4 is 4.74 Å². The van der Waals surface area contributed by atoms with Crippen LogP contribution in [0, 0.1) is 0 Å². The van der Waals surface area contributed by atoms with Gasteiger partial charge in [0.05, 0.1) is 17.2 Å². The van der Waals surface area contributed by atoms with Crippen LogP contribution in [0.1, 0.15) is 17.3 Å². The average Bonchev–Trinajstić information content (AvgIpc) is 2.60. The van der Waals surface area contributed by atoms with Crippen molar-refractivity contribution in [2.45, 2.75) is 11.8 Å². The molecular weight excluding hydrogens is 248 g/mol. The standard InChI is InChI=1S/C11H7ClO3S/c1-2-15-6-3-4-7-9(10(6)12)11(14)8(5-13)16-7/h3-4H,2H2,1H3. The molecule has 3 nitrogen and oxygen atoms in total. The van der Waals surface area contributed by atoms with E-state index < -0.39 is 0 Å². The number of fused-ring (bicyclic) bond motifs is 1. The predicted octanol–water partition coefficient (Wildman–Crippen LogP) is 2.74. The van der Waals surface area contributed by atoms with E-state index in [1.165, 1.54) is 0 Å². The normalized spacial score (nSPS) is 13.6. The third-order valence-electron chi connectivity index (χ3n) is 2.11. The highest BCUT2D eigenvalue weighted by Gasteiger charge is 2.31. The first-order chi connectivity index (χ1) is 7.69. The number of benzene rings is 1. The molecule has 0 radical (unpaired) electrons. The molecule has 2 rings (SSSR count). The van der Waals surface area contributed by atoms with Crippen molar-refractivity contribution in [3.63, 3.8) is 0 Å². The second-order valence-electron chi connectivity index (χ2n) is 3.05. The molecule has 0 amide bonds. The zero-order chi connectivity index (χ0) is 11.7. The van der Waals surface area contributed by atoms with E-state index in [-0.39, 0.29) is 15.7 Å². The Morgan fingerprint density at radius 1 is 1.50 bits per heavy atom. The van der Waals surface area contributed by atoms with E-state index in [0.29, 0.717) is 22.8 Å². The zero-order valence-corrected chi connectivity index (χ0v) is 9.95. The molecule has 0 spiro atoms. The summed E-state index contributed by atoms with van der Waals surface area (Å²) in [4.78, 5) is 23.0. The van der Waals surface area contributed by atoms with Crippen molar-refractivity contribution in [3.8, 4) is 5.75 Å². The molecule has 1 aliphatic heterocycles. The number of carbonyl (C=O) groups is 1. The van der Waals surface area contributed by atoms with Gasteiger partial charge >= 0.3 is 0 Å². The Kier molecular flexibility index (Phi) is 3.06. The molecule has 0 aromatic heterocycles. The van der Waals surface area contributed by atoms with Crippen LogP contribution in [0.5, 0.6) is 5.75 Å². The monoisotopic (exact) mass is 254 g/mol. The molecule has 1 heterocycles. The van der Waals surface area contributed by atoms with Gasteiger partial charge in [-0.2, -0.15) is 0 Å². The lowest BCUT2D eigenvalue weighted by atomic mass is 10.1. The van der Waals surface area contributed by atoms with Gasteiger partial charge in [0.15, 0.2) is 0 Å². The van der Waals surface area contributed by atoms with Crippen molar-refractivity contribution in [3.05, 3.63) is 27.6 Å². The first kappa shape index (κ1) is 11.3. The van der Waals surface area contributed by atoms with E-state index in [9.17, 15) is 9.59 Å². The molecule has 1 aromatic carbocycles. The Morgan fingerprint density at radius 3 is 2.88 bits per heavy atom. The van der Waals surface area contributed by atoms with Crippen molar-refractivity contribution in [2.24, 2.45) is 0 Å². The van der Waals surface area contributed by atoms with Crippen LogP contribution in [0.3, 0.4) is 0 Å². The number of halogens is 1. The predicted molar refractivity (Wildman–Crippen MR) is 62.0 cm³/mol. The van der Waals surface area contributed by atoms with Crippen LogP contribution in [-0.2, 0) is 4.79 Å². The number of carbonyl (C=O) groups excluding carboxylic acids is 2. The molecule has 0 saturated carbocycles. The molecule has 16 heavy (non-hydrogen) atoms. The molecule has 1 aliphatic rings. The Morgan fingerprint density at radius 2 is 2.25 bits per heavy atom. The molecule has 0 unspecified atom stereocenters. The minimum atomic E-state index is -0.374. The fraction of sp³-hybridized carbons (Fsp3) is 0.182. The average molecular weight is 255 g/mol. The molecular formula is C11H7ClO3S. The number of allylic oxidation sites excluding steroid dienone is 1. The number of ketones is 1. The molecule has 5 heteroatoms. The maximum absolute atomic E-state index is 11.7. The first-order valence-electron chi connectivity index (χ1n) is 4.62. The minimum absolute atomic E-state index is 0.0468. The fourth-order valence-electron chi connectivity index (χ4n) is 1.44. The smallest absolute Gasteiger partial charge is 0.213 e. The summed E-state index contributed by atoms with van der Waals surface area (Å²) in [7, 11) is 0. The number of hydrogen-bond acceptors (Lipinski definition) is 4. The summed E-state index contributed by atoms with van der Waals surface area (Å²) < 4.78 is 5.28. The van der Waals surface area contributed by atoms with Crippen molar-refractivity contribution in [1.82, 2.24) is 0 Å². The van der Waals surface area contributed by atoms with Gasteiger partial charge in [-0.15, -0.1) is 0 Å². The van der Waals surface area contributed by atoms with Gasteiger partial charge < -0.3 is 4.74 Å². The van der Waals surface area contributed by atoms with Crippen molar-refractivity contribution < 1.29 is 14.3 Å². The zero-order valence-electron chi connectivity index (χ0n) is 8.37. The summed E-state index contributed by atoms with van der Waals surface area (Å²) in [5.74, 6) is 1.71. The van der Waals surface area contributed by atoms with Crippen LogP contribution >= 0.6 is 23.4 Å². The summed E-state index contributed by atoms with van der Waals surface area (Å²) in [6.45, 7) is 2.30. The third kappa shape index (κ3) is 1.65. The van der Waals surface area contributed by atoms with Crippen LogP contribution in [0.15, 0.2) is 21.9 Å². The lowest BCUT2D eigenvalue weighted by Gasteiger charge is -2.07. The number of ether oxygens (including phenoxy) is 1. The van der Waals surface area contributed by atoms with E-state index in [2.05, 4.69) is 0 Å². The van der Waals surface area contributed by atoms with E-state index in [1.54, 1.807) is 18.1 Å². The maximum Gasteiger partial charge on any atom is 0.213 e. The van der Waals surface area contributed by atoms with Gasteiger partial charge in [0.1, 0.15) is 16.6 Å². The number of hydrogen-bond donors (Lipinski definition) is 0. The highest BCUT2D eigenvalue weighted by Crippen LogP contribution is 2.44. The number of rotatable bonds is 2. The maximum atomic E-state index is 11.7. The molecule has 1 aromatic rings. The lowest BCUT2D eigenvalue weighted by Crippen LogP contribution is -1.99. The van der Waals surface area contributed by atoms with Crippen molar-refractivity contribution >= 4 is 35.1 Å².